The van der Waals surface area contributed by atoms with Gasteiger partial charge in [-0.3, -0.25) is 0 Å². The minimum Gasteiger partial charge on any atom is -0.406 e. The van der Waals surface area contributed by atoms with Crippen LogP contribution in [0.25, 0.3) is 0 Å². The van der Waals surface area contributed by atoms with Crippen LogP contribution in [-0.2, 0) is 6.42 Å². The van der Waals surface area contributed by atoms with Gasteiger partial charge in [0, 0.05) is 6.42 Å². The van der Waals surface area contributed by atoms with Crippen molar-refractivity contribution >= 4 is 15.9 Å². The molecule has 0 amide bonds. The van der Waals surface area contributed by atoms with E-state index >= 15 is 0 Å². The standard InChI is InChI=1S/C10H8BrF3O/c1-7(11)5-8-3-2-4-9(6-8)15-10(12,13)14/h2-4,6H,1,5H2. The van der Waals surface area contributed by atoms with E-state index in [0.717, 1.165) is 0 Å². The molecule has 82 valence electrons. The Kier molecular flexibility index (Phi) is 3.79. The number of rotatable bonds is 3. The summed E-state index contributed by atoms with van der Waals surface area (Å²) in [6, 6.07) is 5.80. The van der Waals surface area contributed by atoms with Crippen LogP contribution < -0.4 is 4.74 Å². The van der Waals surface area contributed by atoms with E-state index in [4.69, 9.17) is 0 Å². The van der Waals surface area contributed by atoms with Gasteiger partial charge in [0.05, 0.1) is 0 Å². The first-order valence-electron chi connectivity index (χ1n) is 4.05. The average molecular weight is 281 g/mol. The van der Waals surface area contributed by atoms with Crippen molar-refractivity contribution < 1.29 is 17.9 Å². The van der Waals surface area contributed by atoms with Crippen molar-refractivity contribution in [1.29, 1.82) is 0 Å². The Morgan fingerprint density at radius 3 is 2.60 bits per heavy atom. The van der Waals surface area contributed by atoms with Crippen LogP contribution in [0.2, 0.25) is 0 Å². The summed E-state index contributed by atoms with van der Waals surface area (Å²) in [5, 5.41) is 0. The second-order valence-electron chi connectivity index (χ2n) is 2.89. The third-order valence-electron chi connectivity index (χ3n) is 1.53. The van der Waals surface area contributed by atoms with Crippen LogP contribution in [0.1, 0.15) is 5.56 Å². The lowest BCUT2D eigenvalue weighted by atomic mass is 10.1. The van der Waals surface area contributed by atoms with Crippen LogP contribution in [0.3, 0.4) is 0 Å². The zero-order valence-corrected chi connectivity index (χ0v) is 9.23. The van der Waals surface area contributed by atoms with Crippen molar-refractivity contribution in [3.05, 3.63) is 40.9 Å². The Morgan fingerprint density at radius 2 is 2.07 bits per heavy atom. The molecule has 0 aliphatic rings. The highest BCUT2D eigenvalue weighted by Gasteiger charge is 2.31. The van der Waals surface area contributed by atoms with Gasteiger partial charge in [0.25, 0.3) is 0 Å². The number of hydrogen-bond donors (Lipinski definition) is 0. The summed E-state index contributed by atoms with van der Waals surface area (Å²) in [4.78, 5) is 0. The summed E-state index contributed by atoms with van der Waals surface area (Å²) in [5.74, 6) is -0.214. The van der Waals surface area contributed by atoms with E-state index in [2.05, 4.69) is 27.2 Å². The van der Waals surface area contributed by atoms with Gasteiger partial charge in [-0.25, -0.2) is 0 Å². The fourth-order valence-corrected chi connectivity index (χ4v) is 1.40. The summed E-state index contributed by atoms with van der Waals surface area (Å²) in [5.41, 5.74) is 0.707. The van der Waals surface area contributed by atoms with Crippen molar-refractivity contribution in [2.45, 2.75) is 12.8 Å². The second-order valence-corrected chi connectivity index (χ2v) is 4.01. The van der Waals surface area contributed by atoms with Gasteiger partial charge in [0.2, 0.25) is 0 Å². The summed E-state index contributed by atoms with van der Waals surface area (Å²) < 4.78 is 40.1. The number of ether oxygens (including phenoxy) is 1. The maximum Gasteiger partial charge on any atom is 0.573 e. The number of benzene rings is 1. The number of allylic oxidation sites excluding steroid dienone is 1. The largest absolute Gasteiger partial charge is 0.573 e. The van der Waals surface area contributed by atoms with Gasteiger partial charge in [-0.1, -0.05) is 34.6 Å². The summed E-state index contributed by atoms with van der Waals surface area (Å²) in [7, 11) is 0. The molecule has 0 bridgehead atoms. The van der Waals surface area contributed by atoms with Gasteiger partial charge < -0.3 is 4.74 Å². The van der Waals surface area contributed by atoms with Crippen LogP contribution in [-0.4, -0.2) is 6.36 Å². The molecule has 1 rings (SSSR count). The van der Waals surface area contributed by atoms with Crippen molar-refractivity contribution in [1.82, 2.24) is 0 Å². The van der Waals surface area contributed by atoms with Gasteiger partial charge in [0.15, 0.2) is 0 Å². The monoisotopic (exact) mass is 280 g/mol. The number of halogens is 4. The van der Waals surface area contributed by atoms with Gasteiger partial charge >= 0.3 is 6.36 Å². The van der Waals surface area contributed by atoms with Gasteiger partial charge in [0.1, 0.15) is 5.75 Å². The van der Waals surface area contributed by atoms with Gasteiger partial charge in [-0.2, -0.15) is 0 Å². The molecule has 0 saturated heterocycles. The zero-order valence-electron chi connectivity index (χ0n) is 7.64. The highest BCUT2D eigenvalue weighted by Crippen LogP contribution is 2.24. The Morgan fingerprint density at radius 1 is 1.40 bits per heavy atom. The van der Waals surface area contributed by atoms with Crippen LogP contribution >= 0.6 is 15.9 Å². The molecular formula is C10H8BrF3O. The summed E-state index contributed by atoms with van der Waals surface area (Å²) in [6.45, 7) is 3.61. The molecule has 1 aromatic rings. The van der Waals surface area contributed by atoms with Crippen LogP contribution in [0, 0.1) is 0 Å². The Hall–Kier alpha value is -0.970. The maximum atomic E-state index is 11.9. The SMILES string of the molecule is C=C(Br)Cc1cccc(OC(F)(F)F)c1. The predicted octanol–water partition coefficient (Wildman–Crippen LogP) is 4.04. The van der Waals surface area contributed by atoms with Crippen molar-refractivity contribution in [3.63, 3.8) is 0 Å². The highest BCUT2D eigenvalue weighted by atomic mass is 79.9. The average Bonchev–Trinajstić information content (AvgIpc) is 1.99. The molecular weight excluding hydrogens is 273 g/mol. The highest BCUT2D eigenvalue weighted by molar-refractivity contribution is 9.11. The summed E-state index contributed by atoms with van der Waals surface area (Å²) >= 11 is 3.14. The van der Waals surface area contributed by atoms with E-state index < -0.39 is 6.36 Å². The Balaban J connectivity index is 2.79. The first kappa shape index (κ1) is 12.1. The molecule has 15 heavy (non-hydrogen) atoms. The third-order valence-corrected chi connectivity index (χ3v) is 1.81. The number of hydrogen-bond acceptors (Lipinski definition) is 1. The summed E-state index contributed by atoms with van der Waals surface area (Å²) in [6.07, 6.45) is -4.18. The Labute approximate surface area is 93.7 Å². The van der Waals surface area contributed by atoms with E-state index in [1.165, 1.54) is 18.2 Å². The molecule has 0 aliphatic heterocycles. The lowest BCUT2D eigenvalue weighted by molar-refractivity contribution is -0.274. The minimum atomic E-state index is -4.65. The van der Waals surface area contributed by atoms with E-state index in [0.29, 0.717) is 16.5 Å². The lowest BCUT2D eigenvalue weighted by Gasteiger charge is -2.09. The fourth-order valence-electron chi connectivity index (χ4n) is 1.07. The maximum absolute atomic E-state index is 11.9. The molecule has 0 unspecified atom stereocenters. The van der Waals surface area contributed by atoms with Crippen molar-refractivity contribution in [2.24, 2.45) is 0 Å². The van der Waals surface area contributed by atoms with Crippen LogP contribution in [0.15, 0.2) is 35.3 Å². The van der Waals surface area contributed by atoms with Gasteiger partial charge in [-0.15, -0.1) is 13.2 Å². The zero-order chi connectivity index (χ0) is 11.5. The quantitative estimate of drug-likeness (QED) is 0.812. The molecule has 0 radical (unpaired) electrons. The van der Waals surface area contributed by atoms with Crippen LogP contribution in [0.4, 0.5) is 13.2 Å². The Bertz CT molecular complexity index is 360. The van der Waals surface area contributed by atoms with E-state index in [9.17, 15) is 13.2 Å². The molecule has 0 spiro atoms. The molecule has 0 N–H and O–H groups in total. The predicted molar refractivity (Wildman–Crippen MR) is 54.9 cm³/mol. The smallest absolute Gasteiger partial charge is 0.406 e. The minimum absolute atomic E-state index is 0.214. The van der Waals surface area contributed by atoms with E-state index in [1.807, 2.05) is 0 Å². The van der Waals surface area contributed by atoms with Crippen LogP contribution in [0.5, 0.6) is 5.75 Å². The lowest BCUT2D eigenvalue weighted by Crippen LogP contribution is -2.17. The molecule has 0 saturated carbocycles. The second kappa shape index (κ2) is 4.70. The van der Waals surface area contributed by atoms with Crippen molar-refractivity contribution in [2.75, 3.05) is 0 Å². The topological polar surface area (TPSA) is 9.23 Å². The normalized spacial score (nSPS) is 11.2. The number of alkyl halides is 3. The molecule has 0 heterocycles. The van der Waals surface area contributed by atoms with E-state index in [1.54, 1.807) is 6.07 Å². The first-order valence-corrected chi connectivity index (χ1v) is 4.84. The molecule has 5 heteroatoms. The molecule has 0 aliphatic carbocycles. The van der Waals surface area contributed by atoms with Crippen molar-refractivity contribution in [3.8, 4) is 5.75 Å². The fraction of sp³-hybridized carbons (Fsp3) is 0.200. The third kappa shape index (κ3) is 4.88. The molecule has 0 fully saturated rings. The molecule has 0 atom stereocenters. The molecule has 1 aromatic carbocycles. The van der Waals surface area contributed by atoms with Gasteiger partial charge in [-0.05, 0) is 22.2 Å². The first-order chi connectivity index (χ1) is 6.87. The van der Waals surface area contributed by atoms with E-state index in [-0.39, 0.29) is 5.75 Å². The molecule has 0 aromatic heterocycles. The molecule has 1 nitrogen and oxygen atoms in total.